The van der Waals surface area contributed by atoms with Crippen molar-refractivity contribution in [3.8, 4) is 0 Å². The summed E-state index contributed by atoms with van der Waals surface area (Å²) in [5, 5.41) is 3.37. The molecule has 0 fully saturated rings. The normalized spacial score (nSPS) is 10.3. The highest BCUT2D eigenvalue weighted by Crippen LogP contribution is 2.15. The van der Waals surface area contributed by atoms with E-state index < -0.39 is 11.6 Å². The first-order valence-corrected chi connectivity index (χ1v) is 7.09. The minimum Gasteiger partial charge on any atom is -0.326 e. The highest BCUT2D eigenvalue weighted by molar-refractivity contribution is 9.08. The van der Waals surface area contributed by atoms with E-state index >= 15 is 0 Å². The van der Waals surface area contributed by atoms with Crippen LogP contribution in [0.3, 0.4) is 0 Å². The van der Waals surface area contributed by atoms with Gasteiger partial charge in [0.2, 0.25) is 5.91 Å². The Morgan fingerprint density at radius 3 is 2.65 bits per heavy atom. The second-order valence-electron chi connectivity index (χ2n) is 4.29. The van der Waals surface area contributed by atoms with E-state index in [2.05, 4.69) is 21.2 Å². The Balaban J connectivity index is 2.05. The summed E-state index contributed by atoms with van der Waals surface area (Å²) in [7, 11) is 0. The molecule has 0 atom stereocenters. The van der Waals surface area contributed by atoms with Crippen molar-refractivity contribution in [3.05, 3.63) is 65.2 Å². The third-order valence-electron chi connectivity index (χ3n) is 2.73. The van der Waals surface area contributed by atoms with Crippen molar-refractivity contribution < 1.29 is 13.6 Å². The van der Waals surface area contributed by atoms with E-state index in [4.69, 9.17) is 0 Å². The first kappa shape index (κ1) is 14.7. The van der Waals surface area contributed by atoms with Crippen molar-refractivity contribution in [1.82, 2.24) is 0 Å². The van der Waals surface area contributed by atoms with Crippen molar-refractivity contribution in [2.45, 2.75) is 11.8 Å². The summed E-state index contributed by atoms with van der Waals surface area (Å²) >= 11 is 3.33. The number of amides is 1. The number of hydrogen-bond donors (Lipinski definition) is 1. The topological polar surface area (TPSA) is 29.1 Å². The summed E-state index contributed by atoms with van der Waals surface area (Å²) in [5.41, 5.74) is 1.84. The molecule has 0 aliphatic rings. The van der Waals surface area contributed by atoms with Crippen LogP contribution in [-0.2, 0) is 16.5 Å². The molecular formula is C15H12BrF2NO. The predicted octanol–water partition coefficient (Wildman–Crippen LogP) is 4.04. The van der Waals surface area contributed by atoms with E-state index in [1.807, 2.05) is 18.2 Å². The van der Waals surface area contributed by atoms with Crippen LogP contribution in [0.5, 0.6) is 0 Å². The van der Waals surface area contributed by atoms with Gasteiger partial charge in [-0.05, 0) is 29.3 Å². The lowest BCUT2D eigenvalue weighted by atomic mass is 10.1. The fourth-order valence-corrected chi connectivity index (χ4v) is 2.12. The molecular weight excluding hydrogens is 328 g/mol. The molecule has 104 valence electrons. The van der Waals surface area contributed by atoms with Crippen LogP contribution in [0.25, 0.3) is 0 Å². The minimum atomic E-state index is -0.714. The number of benzene rings is 2. The van der Waals surface area contributed by atoms with Crippen molar-refractivity contribution in [1.29, 1.82) is 0 Å². The van der Waals surface area contributed by atoms with Gasteiger partial charge in [0, 0.05) is 17.1 Å². The Morgan fingerprint density at radius 1 is 1.15 bits per heavy atom. The zero-order valence-electron chi connectivity index (χ0n) is 10.5. The lowest BCUT2D eigenvalue weighted by Crippen LogP contribution is -2.15. The summed E-state index contributed by atoms with van der Waals surface area (Å²) in [6.45, 7) is 0. The second-order valence-corrected chi connectivity index (χ2v) is 4.86. The van der Waals surface area contributed by atoms with Crippen LogP contribution in [-0.4, -0.2) is 5.91 Å². The molecule has 1 amide bonds. The maximum Gasteiger partial charge on any atom is 0.228 e. The van der Waals surface area contributed by atoms with E-state index in [1.165, 1.54) is 6.07 Å². The molecule has 2 aromatic carbocycles. The average molecular weight is 340 g/mol. The first-order valence-electron chi connectivity index (χ1n) is 5.97. The van der Waals surface area contributed by atoms with Gasteiger partial charge >= 0.3 is 0 Å². The van der Waals surface area contributed by atoms with Crippen LogP contribution in [0.15, 0.2) is 42.5 Å². The zero-order valence-corrected chi connectivity index (χ0v) is 12.1. The van der Waals surface area contributed by atoms with E-state index in [0.717, 1.165) is 17.7 Å². The lowest BCUT2D eigenvalue weighted by molar-refractivity contribution is -0.115. The molecule has 0 aliphatic heterocycles. The molecule has 0 radical (unpaired) electrons. The summed E-state index contributed by atoms with van der Waals surface area (Å²) in [6.07, 6.45) is -0.134. The quantitative estimate of drug-likeness (QED) is 0.837. The summed E-state index contributed by atoms with van der Waals surface area (Å²) in [4.78, 5) is 11.8. The molecule has 5 heteroatoms. The van der Waals surface area contributed by atoms with E-state index in [0.29, 0.717) is 11.0 Å². The van der Waals surface area contributed by atoms with Gasteiger partial charge in [-0.1, -0.05) is 34.1 Å². The highest BCUT2D eigenvalue weighted by Gasteiger charge is 2.09. The van der Waals surface area contributed by atoms with Crippen LogP contribution in [0.1, 0.15) is 11.1 Å². The monoisotopic (exact) mass is 339 g/mol. The maximum atomic E-state index is 13.4. The number of halogens is 3. The molecule has 20 heavy (non-hydrogen) atoms. The summed E-state index contributed by atoms with van der Waals surface area (Å²) < 4.78 is 26.2. The van der Waals surface area contributed by atoms with Gasteiger partial charge in [-0.2, -0.15) is 0 Å². The van der Waals surface area contributed by atoms with Crippen LogP contribution in [0.4, 0.5) is 14.5 Å². The number of hydrogen-bond acceptors (Lipinski definition) is 1. The Labute approximate surface area is 123 Å². The zero-order chi connectivity index (χ0) is 14.5. The molecule has 0 aromatic heterocycles. The van der Waals surface area contributed by atoms with Gasteiger partial charge in [-0.25, -0.2) is 8.78 Å². The van der Waals surface area contributed by atoms with Gasteiger partial charge in [0.25, 0.3) is 0 Å². The first-order chi connectivity index (χ1) is 9.58. The van der Waals surface area contributed by atoms with Gasteiger partial charge in [-0.15, -0.1) is 0 Å². The van der Waals surface area contributed by atoms with Gasteiger partial charge in [0.15, 0.2) is 0 Å². The summed E-state index contributed by atoms with van der Waals surface area (Å²) in [5.74, 6) is -1.71. The van der Waals surface area contributed by atoms with Gasteiger partial charge < -0.3 is 5.32 Å². The maximum absolute atomic E-state index is 13.4. The number of carbonyl (C=O) groups excluding carboxylic acids is 1. The highest BCUT2D eigenvalue weighted by atomic mass is 79.9. The molecule has 1 N–H and O–H groups in total. The Hall–Kier alpha value is -1.75. The molecule has 0 aliphatic carbocycles. The largest absolute Gasteiger partial charge is 0.326 e. The third kappa shape index (κ3) is 3.87. The van der Waals surface area contributed by atoms with Gasteiger partial charge in [0.05, 0.1) is 6.42 Å². The van der Waals surface area contributed by atoms with Crippen molar-refractivity contribution >= 4 is 27.5 Å². The SMILES string of the molecule is O=C(Cc1ccc(F)cc1F)Nc1cccc(CBr)c1. The number of alkyl halides is 1. The van der Waals surface area contributed by atoms with Crippen LogP contribution >= 0.6 is 15.9 Å². The number of nitrogens with one attached hydrogen (secondary N) is 1. The van der Waals surface area contributed by atoms with Crippen molar-refractivity contribution in [2.24, 2.45) is 0 Å². The molecule has 2 nitrogen and oxygen atoms in total. The van der Waals surface area contributed by atoms with Crippen molar-refractivity contribution in [2.75, 3.05) is 5.32 Å². The molecule has 2 aromatic rings. The van der Waals surface area contributed by atoms with Crippen molar-refractivity contribution in [3.63, 3.8) is 0 Å². The summed E-state index contributed by atoms with van der Waals surface area (Å²) in [6, 6.07) is 10.5. The fraction of sp³-hybridized carbons (Fsp3) is 0.133. The van der Waals surface area contributed by atoms with Crippen LogP contribution < -0.4 is 5.32 Å². The second kappa shape index (κ2) is 6.61. The van der Waals surface area contributed by atoms with E-state index in [-0.39, 0.29) is 17.9 Å². The average Bonchev–Trinajstić information content (AvgIpc) is 2.42. The molecule has 0 saturated carbocycles. The van der Waals surface area contributed by atoms with Gasteiger partial charge in [-0.3, -0.25) is 4.79 Å². The lowest BCUT2D eigenvalue weighted by Gasteiger charge is -2.07. The predicted molar refractivity (Wildman–Crippen MR) is 77.8 cm³/mol. The Morgan fingerprint density at radius 2 is 1.95 bits per heavy atom. The smallest absolute Gasteiger partial charge is 0.228 e. The fourth-order valence-electron chi connectivity index (χ4n) is 1.78. The van der Waals surface area contributed by atoms with Crippen LogP contribution in [0, 0.1) is 11.6 Å². The Kier molecular flexibility index (Phi) is 4.84. The van der Waals surface area contributed by atoms with E-state index in [9.17, 15) is 13.6 Å². The molecule has 0 spiro atoms. The third-order valence-corrected chi connectivity index (χ3v) is 3.38. The number of anilines is 1. The van der Waals surface area contributed by atoms with E-state index in [1.54, 1.807) is 6.07 Å². The van der Waals surface area contributed by atoms with Gasteiger partial charge in [0.1, 0.15) is 11.6 Å². The standard InChI is InChI=1S/C15H12BrF2NO/c16-9-10-2-1-3-13(6-10)19-15(20)7-11-4-5-12(17)8-14(11)18/h1-6,8H,7,9H2,(H,19,20). The molecule has 0 saturated heterocycles. The molecule has 0 unspecified atom stereocenters. The number of carbonyl (C=O) groups is 1. The molecule has 0 heterocycles. The molecule has 2 rings (SSSR count). The Bertz CT molecular complexity index is 631. The minimum absolute atomic E-state index is 0.134. The number of rotatable bonds is 4. The van der Waals surface area contributed by atoms with Crippen LogP contribution in [0.2, 0.25) is 0 Å². The molecule has 0 bridgehead atoms.